The molecule has 0 fully saturated rings. The minimum Gasteiger partial charge on any atom is -0.391 e. The highest BCUT2D eigenvalue weighted by Gasteiger charge is 2.17. The van der Waals surface area contributed by atoms with Crippen molar-refractivity contribution in [2.45, 2.75) is 97.1 Å². The molecule has 4 heteroatoms. The van der Waals surface area contributed by atoms with Crippen LogP contribution in [0.5, 0.6) is 0 Å². The van der Waals surface area contributed by atoms with Gasteiger partial charge in [0.2, 0.25) is 0 Å². The molecule has 128 valence electrons. The molecular weight excluding hydrogens is 268 g/mol. The van der Waals surface area contributed by atoms with Crippen LogP contribution in [0.2, 0.25) is 0 Å². The van der Waals surface area contributed by atoms with Gasteiger partial charge in [0.05, 0.1) is 12.7 Å². The van der Waals surface area contributed by atoms with E-state index in [9.17, 15) is 10.2 Å². The Labute approximate surface area is 130 Å². The molecule has 0 amide bonds. The molecule has 0 aromatic heterocycles. The number of ether oxygens (including phenoxy) is 2. The number of aliphatic hydroxyl groups is 2. The van der Waals surface area contributed by atoms with Crippen LogP contribution in [-0.4, -0.2) is 41.9 Å². The van der Waals surface area contributed by atoms with Crippen LogP contribution in [-0.2, 0) is 9.47 Å². The third-order valence-electron chi connectivity index (χ3n) is 3.52. The van der Waals surface area contributed by atoms with Crippen LogP contribution in [0.4, 0.5) is 0 Å². The number of hydrogen-bond acceptors (Lipinski definition) is 4. The summed E-state index contributed by atoms with van der Waals surface area (Å²) < 4.78 is 11.1. The first-order valence-corrected chi connectivity index (χ1v) is 8.71. The highest BCUT2D eigenvalue weighted by Crippen LogP contribution is 2.09. The maximum atomic E-state index is 9.81. The third kappa shape index (κ3) is 13.2. The average molecular weight is 304 g/mol. The zero-order valence-corrected chi connectivity index (χ0v) is 14.2. The van der Waals surface area contributed by atoms with Crippen molar-refractivity contribution in [2.24, 2.45) is 0 Å². The van der Waals surface area contributed by atoms with Crippen molar-refractivity contribution in [1.29, 1.82) is 0 Å². The van der Waals surface area contributed by atoms with E-state index in [2.05, 4.69) is 13.8 Å². The molecule has 0 radical (unpaired) electrons. The summed E-state index contributed by atoms with van der Waals surface area (Å²) >= 11 is 0. The predicted octanol–water partition coefficient (Wildman–Crippen LogP) is 3.64. The summed E-state index contributed by atoms with van der Waals surface area (Å²) in [6, 6.07) is 0. The standard InChI is InChI=1S/C17H36O4/c1-4-6-8-9-11-13-20-17(15(3)18)21-14-16(19)12-10-7-5-2/h15-19H,4-14H2,1-3H3. The van der Waals surface area contributed by atoms with Gasteiger partial charge in [0, 0.05) is 6.61 Å². The van der Waals surface area contributed by atoms with Crippen LogP contribution in [0, 0.1) is 0 Å². The molecule has 0 bridgehead atoms. The molecule has 0 saturated carbocycles. The van der Waals surface area contributed by atoms with Crippen LogP contribution in [0.15, 0.2) is 0 Å². The van der Waals surface area contributed by atoms with Gasteiger partial charge < -0.3 is 19.7 Å². The van der Waals surface area contributed by atoms with Gasteiger partial charge >= 0.3 is 0 Å². The van der Waals surface area contributed by atoms with Crippen molar-refractivity contribution in [2.75, 3.05) is 13.2 Å². The normalized spacial score (nSPS) is 15.9. The van der Waals surface area contributed by atoms with E-state index in [0.29, 0.717) is 6.61 Å². The van der Waals surface area contributed by atoms with E-state index in [1.54, 1.807) is 6.92 Å². The van der Waals surface area contributed by atoms with Crippen molar-refractivity contribution in [1.82, 2.24) is 0 Å². The lowest BCUT2D eigenvalue weighted by Gasteiger charge is -2.22. The molecule has 0 rings (SSSR count). The van der Waals surface area contributed by atoms with Crippen molar-refractivity contribution in [3.05, 3.63) is 0 Å². The molecular formula is C17H36O4. The van der Waals surface area contributed by atoms with Gasteiger partial charge in [-0.1, -0.05) is 58.8 Å². The van der Waals surface area contributed by atoms with Gasteiger partial charge in [-0.3, -0.25) is 0 Å². The molecule has 0 aliphatic carbocycles. The van der Waals surface area contributed by atoms with Crippen LogP contribution in [0.1, 0.15) is 78.6 Å². The molecule has 3 unspecified atom stereocenters. The smallest absolute Gasteiger partial charge is 0.183 e. The summed E-state index contributed by atoms with van der Waals surface area (Å²) in [5, 5.41) is 19.5. The number of aliphatic hydroxyl groups excluding tert-OH is 2. The van der Waals surface area contributed by atoms with E-state index in [0.717, 1.165) is 38.5 Å². The lowest BCUT2D eigenvalue weighted by atomic mass is 10.1. The lowest BCUT2D eigenvalue weighted by molar-refractivity contribution is -0.200. The molecule has 0 saturated heterocycles. The zero-order valence-electron chi connectivity index (χ0n) is 14.2. The largest absolute Gasteiger partial charge is 0.391 e. The van der Waals surface area contributed by atoms with Crippen molar-refractivity contribution in [3.63, 3.8) is 0 Å². The van der Waals surface area contributed by atoms with Gasteiger partial charge in [0.1, 0.15) is 6.10 Å². The van der Waals surface area contributed by atoms with Crippen LogP contribution in [0.25, 0.3) is 0 Å². The summed E-state index contributed by atoms with van der Waals surface area (Å²) in [5.74, 6) is 0. The minimum atomic E-state index is -0.677. The summed E-state index contributed by atoms with van der Waals surface area (Å²) in [7, 11) is 0. The van der Waals surface area contributed by atoms with E-state index in [4.69, 9.17) is 9.47 Å². The molecule has 2 N–H and O–H groups in total. The van der Waals surface area contributed by atoms with Gasteiger partial charge in [0.15, 0.2) is 6.29 Å². The highest BCUT2D eigenvalue weighted by atomic mass is 16.7. The Morgan fingerprint density at radius 3 is 2.05 bits per heavy atom. The Bertz CT molecular complexity index is 209. The fourth-order valence-corrected chi connectivity index (χ4v) is 2.15. The topological polar surface area (TPSA) is 58.9 Å². The Hall–Kier alpha value is -0.160. The van der Waals surface area contributed by atoms with E-state index in [1.165, 1.54) is 19.3 Å². The second-order valence-electron chi connectivity index (χ2n) is 5.88. The third-order valence-corrected chi connectivity index (χ3v) is 3.52. The second-order valence-corrected chi connectivity index (χ2v) is 5.88. The van der Waals surface area contributed by atoms with Gasteiger partial charge in [-0.25, -0.2) is 0 Å². The predicted molar refractivity (Wildman–Crippen MR) is 86.3 cm³/mol. The van der Waals surface area contributed by atoms with E-state index < -0.39 is 18.5 Å². The Kier molecular flexibility index (Phi) is 14.7. The molecule has 0 aromatic rings. The molecule has 0 aromatic carbocycles. The fourth-order valence-electron chi connectivity index (χ4n) is 2.15. The maximum Gasteiger partial charge on any atom is 0.183 e. The van der Waals surface area contributed by atoms with Gasteiger partial charge in [-0.05, 0) is 19.8 Å². The van der Waals surface area contributed by atoms with Crippen molar-refractivity contribution in [3.8, 4) is 0 Å². The van der Waals surface area contributed by atoms with Crippen LogP contribution >= 0.6 is 0 Å². The summed E-state index contributed by atoms with van der Waals surface area (Å²) in [6.07, 6.45) is 8.14. The zero-order chi connectivity index (χ0) is 15.9. The Morgan fingerprint density at radius 1 is 0.810 bits per heavy atom. The molecule has 0 aliphatic heterocycles. The summed E-state index contributed by atoms with van der Waals surface area (Å²) in [5.41, 5.74) is 0. The number of hydrogen-bond donors (Lipinski definition) is 2. The van der Waals surface area contributed by atoms with Crippen LogP contribution < -0.4 is 0 Å². The van der Waals surface area contributed by atoms with E-state index in [-0.39, 0.29) is 6.61 Å². The quantitative estimate of drug-likeness (QED) is 0.358. The number of rotatable bonds is 15. The molecule has 0 aliphatic rings. The highest BCUT2D eigenvalue weighted by molar-refractivity contribution is 4.58. The van der Waals surface area contributed by atoms with Crippen molar-refractivity contribution >= 4 is 0 Å². The Morgan fingerprint density at radius 2 is 1.43 bits per heavy atom. The fraction of sp³-hybridized carbons (Fsp3) is 1.00. The molecule has 3 atom stereocenters. The van der Waals surface area contributed by atoms with Crippen molar-refractivity contribution < 1.29 is 19.7 Å². The average Bonchev–Trinajstić information content (AvgIpc) is 2.45. The van der Waals surface area contributed by atoms with Gasteiger partial charge in [-0.2, -0.15) is 0 Å². The number of unbranched alkanes of at least 4 members (excludes halogenated alkanes) is 6. The van der Waals surface area contributed by atoms with E-state index in [1.807, 2.05) is 0 Å². The van der Waals surface area contributed by atoms with Gasteiger partial charge in [0.25, 0.3) is 0 Å². The minimum absolute atomic E-state index is 0.231. The first kappa shape index (κ1) is 20.8. The van der Waals surface area contributed by atoms with Gasteiger partial charge in [-0.15, -0.1) is 0 Å². The summed E-state index contributed by atoms with van der Waals surface area (Å²) in [6.45, 7) is 6.83. The Balaban J connectivity index is 3.71. The SMILES string of the molecule is CCCCCCCOC(OCC(O)CCCCC)C(C)O. The first-order chi connectivity index (χ1) is 10.1. The summed E-state index contributed by atoms with van der Waals surface area (Å²) in [4.78, 5) is 0. The monoisotopic (exact) mass is 304 g/mol. The lowest BCUT2D eigenvalue weighted by Crippen LogP contribution is -2.32. The molecule has 21 heavy (non-hydrogen) atoms. The molecule has 0 heterocycles. The first-order valence-electron chi connectivity index (χ1n) is 8.71. The maximum absolute atomic E-state index is 9.81. The van der Waals surface area contributed by atoms with E-state index >= 15 is 0 Å². The van der Waals surface area contributed by atoms with Crippen LogP contribution in [0.3, 0.4) is 0 Å². The molecule has 0 spiro atoms. The second kappa shape index (κ2) is 14.8. The molecule has 4 nitrogen and oxygen atoms in total.